The molecule has 2 rings (SSSR count). The van der Waals surface area contributed by atoms with Gasteiger partial charge in [-0.3, -0.25) is 0 Å². The van der Waals surface area contributed by atoms with Crippen LogP contribution in [0.25, 0.3) is 0 Å². The van der Waals surface area contributed by atoms with Crippen molar-refractivity contribution in [2.24, 2.45) is 0 Å². The van der Waals surface area contributed by atoms with Gasteiger partial charge in [0.05, 0.1) is 0 Å². The Morgan fingerprint density at radius 2 is 2.21 bits per heavy atom. The van der Waals surface area contributed by atoms with E-state index < -0.39 is 0 Å². The maximum atomic E-state index is 9.58. The van der Waals surface area contributed by atoms with Crippen LogP contribution in [0.2, 0.25) is 0 Å². The van der Waals surface area contributed by atoms with E-state index >= 15 is 0 Å². The second-order valence-electron chi connectivity index (χ2n) is 3.76. The van der Waals surface area contributed by atoms with Gasteiger partial charge in [0.15, 0.2) is 0 Å². The molecule has 1 saturated heterocycles. The van der Waals surface area contributed by atoms with Crippen LogP contribution < -0.4 is 10.6 Å². The van der Waals surface area contributed by atoms with E-state index in [1.54, 1.807) is 0 Å². The van der Waals surface area contributed by atoms with Gasteiger partial charge >= 0.3 is 0 Å². The lowest BCUT2D eigenvalue weighted by molar-refractivity contribution is 0.425. The van der Waals surface area contributed by atoms with Crippen LogP contribution in [-0.4, -0.2) is 24.7 Å². The molecule has 0 saturated carbocycles. The summed E-state index contributed by atoms with van der Waals surface area (Å²) in [6.45, 7) is 4.85. The first kappa shape index (κ1) is 9.49. The highest BCUT2D eigenvalue weighted by molar-refractivity contribution is 5.36. The van der Waals surface area contributed by atoms with Crippen LogP contribution in [0.5, 0.6) is 5.75 Å². The molecule has 1 aromatic carbocycles. The van der Waals surface area contributed by atoms with Crippen molar-refractivity contribution < 1.29 is 5.11 Å². The van der Waals surface area contributed by atoms with Crippen LogP contribution in [0, 0.1) is 6.92 Å². The summed E-state index contributed by atoms with van der Waals surface area (Å²) in [6.07, 6.45) is 0. The summed E-state index contributed by atoms with van der Waals surface area (Å²) in [5, 5.41) is 16.3. The Balaban J connectivity index is 2.18. The zero-order valence-electron chi connectivity index (χ0n) is 8.38. The molecule has 0 spiro atoms. The molecule has 1 aliphatic heterocycles. The average molecular weight is 192 g/mol. The SMILES string of the molecule is Cc1ccc(C2CNCCN2)cc1O. The Kier molecular flexibility index (Phi) is 2.70. The fraction of sp³-hybridized carbons (Fsp3) is 0.455. The molecule has 0 aromatic heterocycles. The lowest BCUT2D eigenvalue weighted by Gasteiger charge is -2.25. The molecule has 1 aromatic rings. The molecular weight excluding hydrogens is 176 g/mol. The zero-order chi connectivity index (χ0) is 9.97. The molecule has 14 heavy (non-hydrogen) atoms. The highest BCUT2D eigenvalue weighted by Gasteiger charge is 2.14. The van der Waals surface area contributed by atoms with Crippen molar-refractivity contribution in [1.29, 1.82) is 0 Å². The van der Waals surface area contributed by atoms with Crippen molar-refractivity contribution in [3.63, 3.8) is 0 Å². The maximum Gasteiger partial charge on any atom is 0.118 e. The summed E-state index contributed by atoms with van der Waals surface area (Å²) in [6, 6.07) is 6.20. The van der Waals surface area contributed by atoms with Gasteiger partial charge in [0, 0.05) is 25.7 Å². The molecule has 1 heterocycles. The maximum absolute atomic E-state index is 9.58. The molecule has 1 atom stereocenters. The predicted octanol–water partition coefficient (Wildman–Crippen LogP) is 0.935. The van der Waals surface area contributed by atoms with Gasteiger partial charge in [-0.25, -0.2) is 0 Å². The summed E-state index contributed by atoms with van der Waals surface area (Å²) < 4.78 is 0. The smallest absolute Gasteiger partial charge is 0.118 e. The standard InChI is InChI=1S/C11H16N2O/c1-8-2-3-9(6-11(8)14)10-7-12-4-5-13-10/h2-3,6,10,12-14H,4-5,7H2,1H3. The number of hydrogen-bond donors (Lipinski definition) is 3. The number of nitrogens with one attached hydrogen (secondary N) is 2. The van der Waals surface area contributed by atoms with Crippen molar-refractivity contribution in [2.45, 2.75) is 13.0 Å². The minimum atomic E-state index is 0.329. The Hall–Kier alpha value is -1.06. The number of rotatable bonds is 1. The monoisotopic (exact) mass is 192 g/mol. The largest absolute Gasteiger partial charge is 0.508 e. The van der Waals surface area contributed by atoms with Crippen LogP contribution >= 0.6 is 0 Å². The first-order valence-electron chi connectivity index (χ1n) is 5.01. The fourth-order valence-electron chi connectivity index (χ4n) is 1.73. The topological polar surface area (TPSA) is 44.3 Å². The number of benzene rings is 1. The van der Waals surface area contributed by atoms with Gasteiger partial charge in [-0.1, -0.05) is 12.1 Å². The second kappa shape index (κ2) is 3.98. The average Bonchev–Trinajstić information content (AvgIpc) is 2.23. The lowest BCUT2D eigenvalue weighted by Crippen LogP contribution is -2.42. The Morgan fingerprint density at radius 1 is 1.36 bits per heavy atom. The molecule has 1 unspecified atom stereocenters. The van der Waals surface area contributed by atoms with Crippen LogP contribution in [0.3, 0.4) is 0 Å². The van der Waals surface area contributed by atoms with Gasteiger partial charge in [0.1, 0.15) is 5.75 Å². The van der Waals surface area contributed by atoms with E-state index in [4.69, 9.17) is 0 Å². The minimum Gasteiger partial charge on any atom is -0.508 e. The summed E-state index contributed by atoms with van der Waals surface area (Å²) >= 11 is 0. The predicted molar refractivity (Wildman–Crippen MR) is 56.5 cm³/mol. The van der Waals surface area contributed by atoms with Crippen molar-refractivity contribution in [3.05, 3.63) is 29.3 Å². The third-order valence-electron chi connectivity index (χ3n) is 2.68. The van der Waals surface area contributed by atoms with Gasteiger partial charge in [-0.05, 0) is 24.1 Å². The van der Waals surface area contributed by atoms with Crippen molar-refractivity contribution in [3.8, 4) is 5.75 Å². The zero-order valence-corrected chi connectivity index (χ0v) is 8.38. The van der Waals surface area contributed by atoms with E-state index in [-0.39, 0.29) is 0 Å². The van der Waals surface area contributed by atoms with Gasteiger partial charge in [0.2, 0.25) is 0 Å². The third-order valence-corrected chi connectivity index (χ3v) is 2.68. The van der Waals surface area contributed by atoms with E-state index in [1.807, 2.05) is 19.1 Å². The summed E-state index contributed by atoms with van der Waals surface area (Å²) in [4.78, 5) is 0. The van der Waals surface area contributed by atoms with E-state index in [9.17, 15) is 5.11 Å². The van der Waals surface area contributed by atoms with Crippen LogP contribution in [0.4, 0.5) is 0 Å². The lowest BCUT2D eigenvalue weighted by atomic mass is 10.0. The molecule has 0 radical (unpaired) electrons. The molecule has 0 amide bonds. The minimum absolute atomic E-state index is 0.329. The van der Waals surface area contributed by atoms with Crippen LogP contribution in [-0.2, 0) is 0 Å². The van der Waals surface area contributed by atoms with Crippen molar-refractivity contribution in [2.75, 3.05) is 19.6 Å². The van der Waals surface area contributed by atoms with Crippen LogP contribution in [0.15, 0.2) is 18.2 Å². The van der Waals surface area contributed by atoms with Gasteiger partial charge < -0.3 is 15.7 Å². The molecule has 1 fully saturated rings. The summed E-state index contributed by atoms with van der Waals surface area (Å²) in [7, 11) is 0. The summed E-state index contributed by atoms with van der Waals surface area (Å²) in [5.41, 5.74) is 2.08. The van der Waals surface area contributed by atoms with E-state index in [0.717, 1.165) is 30.8 Å². The third kappa shape index (κ3) is 1.89. The Morgan fingerprint density at radius 3 is 2.86 bits per heavy atom. The molecule has 3 nitrogen and oxygen atoms in total. The second-order valence-corrected chi connectivity index (χ2v) is 3.76. The molecule has 0 bridgehead atoms. The van der Waals surface area contributed by atoms with E-state index in [1.165, 1.54) is 0 Å². The molecular formula is C11H16N2O. The van der Waals surface area contributed by atoms with Crippen molar-refractivity contribution in [1.82, 2.24) is 10.6 Å². The highest BCUT2D eigenvalue weighted by atomic mass is 16.3. The number of phenols is 1. The number of piperazine rings is 1. The Bertz CT molecular complexity index is 319. The fourth-order valence-corrected chi connectivity index (χ4v) is 1.73. The van der Waals surface area contributed by atoms with Gasteiger partial charge in [0.25, 0.3) is 0 Å². The van der Waals surface area contributed by atoms with E-state index in [2.05, 4.69) is 16.7 Å². The molecule has 76 valence electrons. The molecule has 1 aliphatic rings. The highest BCUT2D eigenvalue weighted by Crippen LogP contribution is 2.22. The Labute approximate surface area is 84.1 Å². The summed E-state index contributed by atoms with van der Waals surface area (Å²) in [5.74, 6) is 0.384. The first-order chi connectivity index (χ1) is 6.77. The number of aryl methyl sites for hydroxylation is 1. The molecule has 3 N–H and O–H groups in total. The van der Waals surface area contributed by atoms with Crippen molar-refractivity contribution >= 4 is 0 Å². The quantitative estimate of drug-likeness (QED) is 0.620. The first-order valence-corrected chi connectivity index (χ1v) is 5.01. The van der Waals surface area contributed by atoms with Gasteiger partial charge in [-0.15, -0.1) is 0 Å². The molecule has 0 aliphatic carbocycles. The van der Waals surface area contributed by atoms with E-state index in [0.29, 0.717) is 11.8 Å². The molecule has 3 heteroatoms. The number of aromatic hydroxyl groups is 1. The van der Waals surface area contributed by atoms with Gasteiger partial charge in [-0.2, -0.15) is 0 Å². The van der Waals surface area contributed by atoms with Crippen LogP contribution in [0.1, 0.15) is 17.2 Å². The normalized spacial score (nSPS) is 22.2. The number of hydrogen-bond acceptors (Lipinski definition) is 3. The number of phenolic OH excluding ortho intramolecular Hbond substituents is 1.